The molecule has 3 aromatic rings. The third kappa shape index (κ3) is 4.23. The number of pyridine rings is 2. The van der Waals surface area contributed by atoms with Gasteiger partial charge in [0.2, 0.25) is 11.8 Å². The van der Waals surface area contributed by atoms with Gasteiger partial charge in [-0.15, -0.1) is 0 Å². The minimum absolute atomic E-state index is 0.00878. The Morgan fingerprint density at radius 2 is 1.91 bits per heavy atom. The van der Waals surface area contributed by atoms with Crippen molar-refractivity contribution in [1.82, 2.24) is 9.97 Å². The molecule has 1 aliphatic carbocycles. The summed E-state index contributed by atoms with van der Waals surface area (Å²) < 4.78 is 10.8. The highest BCUT2D eigenvalue weighted by Gasteiger charge is 2.33. The SMILES string of the molecule is COc1ccc(-c2ccc3c(c2)N(C(=O)[C@H]2CC[C@H](OC)CC2)Cc2cccnc2N3)c(C)n1. The first-order valence-electron chi connectivity index (χ1n) is 11.8. The predicted octanol–water partition coefficient (Wildman–Crippen LogP) is 5.26. The molecule has 1 N–H and O–H groups in total. The maximum absolute atomic E-state index is 13.9. The number of aromatic nitrogens is 2. The molecule has 1 fully saturated rings. The lowest BCUT2D eigenvalue weighted by Crippen LogP contribution is -2.38. The topological polar surface area (TPSA) is 76.6 Å². The van der Waals surface area contributed by atoms with Gasteiger partial charge in [0.15, 0.2) is 0 Å². The van der Waals surface area contributed by atoms with E-state index < -0.39 is 0 Å². The molecule has 1 aliphatic heterocycles. The van der Waals surface area contributed by atoms with Gasteiger partial charge >= 0.3 is 0 Å². The third-order valence-electron chi connectivity index (χ3n) is 6.96. The van der Waals surface area contributed by atoms with Crippen molar-refractivity contribution in [2.45, 2.75) is 45.3 Å². The molecule has 7 heteroatoms. The zero-order valence-corrected chi connectivity index (χ0v) is 19.9. The summed E-state index contributed by atoms with van der Waals surface area (Å²) in [6, 6.07) is 14.0. The fourth-order valence-corrected chi connectivity index (χ4v) is 5.01. The van der Waals surface area contributed by atoms with Crippen LogP contribution in [0.2, 0.25) is 0 Å². The van der Waals surface area contributed by atoms with Crippen molar-refractivity contribution in [2.24, 2.45) is 5.92 Å². The molecule has 1 amide bonds. The normalized spacial score (nSPS) is 19.4. The van der Waals surface area contributed by atoms with Gasteiger partial charge in [0, 0.05) is 42.1 Å². The molecule has 5 rings (SSSR count). The highest BCUT2D eigenvalue weighted by molar-refractivity contribution is 6.00. The number of anilines is 3. The highest BCUT2D eigenvalue weighted by atomic mass is 16.5. The van der Waals surface area contributed by atoms with Crippen LogP contribution in [0, 0.1) is 12.8 Å². The Labute approximate surface area is 200 Å². The molecular formula is C27H30N4O3. The van der Waals surface area contributed by atoms with Crippen molar-refractivity contribution in [2.75, 3.05) is 24.4 Å². The first-order valence-corrected chi connectivity index (χ1v) is 11.8. The van der Waals surface area contributed by atoms with E-state index in [2.05, 4.69) is 27.4 Å². The Bertz CT molecular complexity index is 1200. The van der Waals surface area contributed by atoms with Gasteiger partial charge in [-0.3, -0.25) is 4.79 Å². The molecule has 2 aliphatic rings. The average Bonchev–Trinajstić information content (AvgIpc) is 3.04. The molecule has 7 nitrogen and oxygen atoms in total. The number of ether oxygens (including phenoxy) is 2. The van der Waals surface area contributed by atoms with Crippen LogP contribution in [0.25, 0.3) is 11.1 Å². The average molecular weight is 459 g/mol. The van der Waals surface area contributed by atoms with E-state index in [0.717, 1.165) is 65.3 Å². The molecule has 1 saturated carbocycles. The number of hydrogen-bond acceptors (Lipinski definition) is 6. The first kappa shape index (κ1) is 22.3. The van der Waals surface area contributed by atoms with Gasteiger partial charge in [0.1, 0.15) is 5.82 Å². The van der Waals surface area contributed by atoms with Crippen LogP contribution in [0.3, 0.4) is 0 Å². The summed E-state index contributed by atoms with van der Waals surface area (Å²) in [5.74, 6) is 1.53. The highest BCUT2D eigenvalue weighted by Crippen LogP contribution is 2.40. The molecule has 34 heavy (non-hydrogen) atoms. The number of fused-ring (bicyclic) bond motifs is 2. The van der Waals surface area contributed by atoms with Crippen LogP contribution in [0.15, 0.2) is 48.7 Å². The summed E-state index contributed by atoms with van der Waals surface area (Å²) in [4.78, 5) is 24.9. The van der Waals surface area contributed by atoms with Crippen molar-refractivity contribution in [1.29, 1.82) is 0 Å². The quantitative estimate of drug-likeness (QED) is 0.575. The Kier molecular flexibility index (Phi) is 6.20. The van der Waals surface area contributed by atoms with E-state index in [-0.39, 0.29) is 17.9 Å². The first-order chi connectivity index (χ1) is 16.6. The van der Waals surface area contributed by atoms with Gasteiger partial charge < -0.3 is 19.7 Å². The lowest BCUT2D eigenvalue weighted by atomic mass is 9.86. The molecule has 176 valence electrons. The summed E-state index contributed by atoms with van der Waals surface area (Å²) >= 11 is 0. The van der Waals surface area contributed by atoms with Gasteiger partial charge in [0.05, 0.1) is 31.1 Å². The van der Waals surface area contributed by atoms with E-state index in [0.29, 0.717) is 12.4 Å². The maximum Gasteiger partial charge on any atom is 0.230 e. The number of aryl methyl sites for hydroxylation is 1. The van der Waals surface area contributed by atoms with Crippen molar-refractivity contribution < 1.29 is 14.3 Å². The number of amides is 1. The third-order valence-corrected chi connectivity index (χ3v) is 6.96. The molecule has 0 bridgehead atoms. The Morgan fingerprint density at radius 1 is 1.09 bits per heavy atom. The Hall–Kier alpha value is -3.45. The van der Waals surface area contributed by atoms with Gasteiger partial charge in [-0.25, -0.2) is 9.97 Å². The Balaban J connectivity index is 1.55. The van der Waals surface area contributed by atoms with Crippen molar-refractivity contribution in [3.8, 4) is 17.0 Å². The minimum Gasteiger partial charge on any atom is -0.481 e. The molecule has 0 unspecified atom stereocenters. The zero-order chi connectivity index (χ0) is 23.7. The van der Waals surface area contributed by atoms with E-state index >= 15 is 0 Å². The van der Waals surface area contributed by atoms with Crippen LogP contribution in [0.1, 0.15) is 36.9 Å². The summed E-state index contributed by atoms with van der Waals surface area (Å²) in [6.45, 7) is 2.45. The number of nitrogens with one attached hydrogen (secondary N) is 1. The van der Waals surface area contributed by atoms with Gasteiger partial charge in [-0.2, -0.15) is 0 Å². The lowest BCUT2D eigenvalue weighted by Gasteiger charge is -2.32. The number of rotatable bonds is 4. The van der Waals surface area contributed by atoms with Gasteiger partial charge in [-0.1, -0.05) is 12.1 Å². The van der Waals surface area contributed by atoms with E-state index in [1.807, 2.05) is 42.2 Å². The van der Waals surface area contributed by atoms with Gasteiger partial charge in [0.25, 0.3) is 0 Å². The second-order valence-corrected chi connectivity index (χ2v) is 8.99. The lowest BCUT2D eigenvalue weighted by molar-refractivity contribution is -0.124. The van der Waals surface area contributed by atoms with Crippen LogP contribution < -0.4 is 15.0 Å². The molecule has 1 aromatic carbocycles. The van der Waals surface area contributed by atoms with Crippen molar-refractivity contribution in [3.63, 3.8) is 0 Å². The zero-order valence-electron chi connectivity index (χ0n) is 19.9. The number of benzene rings is 1. The summed E-state index contributed by atoms with van der Waals surface area (Å²) in [5, 5.41) is 3.46. The van der Waals surface area contributed by atoms with Crippen LogP contribution in [-0.4, -0.2) is 36.2 Å². The van der Waals surface area contributed by atoms with Crippen molar-refractivity contribution >= 4 is 23.1 Å². The van der Waals surface area contributed by atoms with E-state index in [1.165, 1.54) is 0 Å². The van der Waals surface area contributed by atoms with Crippen LogP contribution in [-0.2, 0) is 16.1 Å². The standard InChI is InChI=1S/C27H30N4O3/c1-17-22(11-13-25(29-17)34-3)19-8-12-23-24(15-19)31(16-20-5-4-14-28-26(20)30-23)27(32)18-6-9-21(33-2)10-7-18/h4-5,8,11-15,18,21H,6-7,9-10,16H2,1-3H3,(H,28,30)/t18-,21-. The molecule has 3 heterocycles. The molecule has 2 aromatic heterocycles. The number of hydrogen-bond donors (Lipinski definition) is 1. The molecule has 0 atom stereocenters. The summed E-state index contributed by atoms with van der Waals surface area (Å²) in [6.07, 6.45) is 5.55. The number of methoxy groups -OCH3 is 2. The number of carbonyl (C=O) groups excluding carboxylic acids is 1. The minimum atomic E-state index is -0.00878. The van der Waals surface area contributed by atoms with Crippen LogP contribution in [0.4, 0.5) is 17.2 Å². The smallest absolute Gasteiger partial charge is 0.230 e. The predicted molar refractivity (Wildman–Crippen MR) is 132 cm³/mol. The molecule has 0 radical (unpaired) electrons. The second kappa shape index (κ2) is 9.43. The van der Waals surface area contributed by atoms with Gasteiger partial charge in [-0.05, 0) is 62.4 Å². The number of nitrogens with zero attached hydrogens (tertiary/aromatic N) is 3. The largest absolute Gasteiger partial charge is 0.481 e. The van der Waals surface area contributed by atoms with Crippen LogP contribution in [0.5, 0.6) is 5.88 Å². The van der Waals surface area contributed by atoms with E-state index in [9.17, 15) is 4.79 Å². The fourth-order valence-electron chi connectivity index (χ4n) is 5.01. The fraction of sp³-hybridized carbons (Fsp3) is 0.370. The summed E-state index contributed by atoms with van der Waals surface area (Å²) in [5.41, 5.74) is 5.64. The van der Waals surface area contributed by atoms with Crippen molar-refractivity contribution in [3.05, 3.63) is 59.9 Å². The molecule has 0 saturated heterocycles. The van der Waals surface area contributed by atoms with E-state index in [1.54, 1.807) is 20.4 Å². The second-order valence-electron chi connectivity index (χ2n) is 8.99. The van der Waals surface area contributed by atoms with Crippen LogP contribution >= 0.6 is 0 Å². The molecular weight excluding hydrogens is 428 g/mol. The monoisotopic (exact) mass is 458 g/mol. The maximum atomic E-state index is 13.9. The number of carbonyl (C=O) groups is 1. The summed E-state index contributed by atoms with van der Waals surface area (Å²) in [7, 11) is 3.37. The van der Waals surface area contributed by atoms with E-state index in [4.69, 9.17) is 9.47 Å². The molecule has 0 spiro atoms. The Morgan fingerprint density at radius 3 is 2.65 bits per heavy atom.